The van der Waals surface area contributed by atoms with Crippen LogP contribution >= 0.6 is 0 Å². The van der Waals surface area contributed by atoms with Gasteiger partial charge in [0.15, 0.2) is 0 Å². The Labute approximate surface area is 96.2 Å². The van der Waals surface area contributed by atoms with Gasteiger partial charge in [-0.3, -0.25) is 0 Å². The smallest absolute Gasteiger partial charge is 0.118 e. The molecule has 0 radical (unpaired) electrons. The summed E-state index contributed by atoms with van der Waals surface area (Å²) >= 11 is 0. The van der Waals surface area contributed by atoms with Crippen molar-refractivity contribution >= 4 is 0 Å². The molecule has 0 spiro atoms. The quantitative estimate of drug-likeness (QED) is 0.720. The van der Waals surface area contributed by atoms with Gasteiger partial charge in [0.1, 0.15) is 5.75 Å². The van der Waals surface area contributed by atoms with Crippen LogP contribution in [0.15, 0.2) is 24.3 Å². The van der Waals surface area contributed by atoms with Crippen molar-refractivity contribution in [3.8, 4) is 5.75 Å². The van der Waals surface area contributed by atoms with Gasteiger partial charge >= 0.3 is 0 Å². The number of methoxy groups -OCH3 is 2. The molecule has 0 fully saturated rings. The van der Waals surface area contributed by atoms with E-state index in [1.54, 1.807) is 14.2 Å². The number of hydrogen-bond acceptors (Lipinski definition) is 4. The molecule has 1 aromatic carbocycles. The largest absolute Gasteiger partial charge is 0.497 e. The van der Waals surface area contributed by atoms with E-state index in [-0.39, 0.29) is 0 Å². The summed E-state index contributed by atoms with van der Waals surface area (Å²) in [6, 6.07) is 7.83. The van der Waals surface area contributed by atoms with Gasteiger partial charge in [0, 0.05) is 20.2 Å². The zero-order valence-corrected chi connectivity index (χ0v) is 9.77. The van der Waals surface area contributed by atoms with Crippen molar-refractivity contribution in [1.29, 1.82) is 0 Å². The first-order valence-corrected chi connectivity index (χ1v) is 5.27. The molecule has 0 saturated carbocycles. The lowest BCUT2D eigenvalue weighted by Crippen LogP contribution is -2.29. The first-order valence-electron chi connectivity index (χ1n) is 5.27. The number of rotatable bonds is 7. The van der Waals surface area contributed by atoms with Crippen molar-refractivity contribution in [2.24, 2.45) is 0 Å². The Morgan fingerprint density at radius 1 is 1.25 bits per heavy atom. The summed E-state index contributed by atoms with van der Waals surface area (Å²) in [5.74, 6) is 0.850. The Morgan fingerprint density at radius 3 is 2.50 bits per heavy atom. The van der Waals surface area contributed by atoms with E-state index in [1.807, 2.05) is 24.3 Å². The molecule has 4 nitrogen and oxygen atoms in total. The van der Waals surface area contributed by atoms with Gasteiger partial charge in [0.25, 0.3) is 0 Å². The zero-order chi connectivity index (χ0) is 11.8. The molecule has 0 heterocycles. The van der Waals surface area contributed by atoms with Crippen molar-refractivity contribution in [2.75, 3.05) is 27.4 Å². The lowest BCUT2D eigenvalue weighted by Gasteiger charge is -2.10. The molecule has 1 atom stereocenters. The van der Waals surface area contributed by atoms with Crippen LogP contribution in [-0.4, -0.2) is 38.6 Å². The van der Waals surface area contributed by atoms with Crippen LogP contribution in [0.2, 0.25) is 0 Å². The van der Waals surface area contributed by atoms with Crippen molar-refractivity contribution in [2.45, 2.75) is 12.6 Å². The summed E-state index contributed by atoms with van der Waals surface area (Å²) in [7, 11) is 3.22. The Morgan fingerprint density at radius 2 is 1.94 bits per heavy atom. The molecule has 0 amide bonds. The molecule has 4 heteroatoms. The highest BCUT2D eigenvalue weighted by molar-refractivity contribution is 5.26. The van der Waals surface area contributed by atoms with Crippen LogP contribution in [0.25, 0.3) is 0 Å². The fourth-order valence-corrected chi connectivity index (χ4v) is 1.38. The van der Waals surface area contributed by atoms with E-state index in [4.69, 9.17) is 9.47 Å². The molecule has 2 N–H and O–H groups in total. The molecular formula is C12H19NO3. The van der Waals surface area contributed by atoms with E-state index in [9.17, 15) is 5.11 Å². The Hall–Kier alpha value is -1.10. The van der Waals surface area contributed by atoms with Gasteiger partial charge in [0.2, 0.25) is 0 Å². The molecular weight excluding hydrogens is 206 g/mol. The van der Waals surface area contributed by atoms with Gasteiger partial charge in [-0.1, -0.05) is 12.1 Å². The number of benzene rings is 1. The van der Waals surface area contributed by atoms with Crippen molar-refractivity contribution in [1.82, 2.24) is 5.32 Å². The van der Waals surface area contributed by atoms with Crippen LogP contribution in [-0.2, 0) is 11.3 Å². The second-order valence-corrected chi connectivity index (χ2v) is 3.59. The number of aliphatic hydroxyl groups is 1. The summed E-state index contributed by atoms with van der Waals surface area (Å²) in [6.07, 6.45) is -0.455. The fourth-order valence-electron chi connectivity index (χ4n) is 1.38. The number of ether oxygens (including phenoxy) is 2. The number of hydrogen-bond donors (Lipinski definition) is 2. The minimum Gasteiger partial charge on any atom is -0.497 e. The summed E-state index contributed by atoms with van der Waals surface area (Å²) in [5.41, 5.74) is 1.16. The first kappa shape index (κ1) is 13.0. The third kappa shape index (κ3) is 4.61. The zero-order valence-electron chi connectivity index (χ0n) is 9.77. The molecule has 1 rings (SSSR count). The third-order valence-electron chi connectivity index (χ3n) is 2.23. The van der Waals surface area contributed by atoms with Gasteiger partial charge in [-0.25, -0.2) is 0 Å². The fraction of sp³-hybridized carbons (Fsp3) is 0.500. The van der Waals surface area contributed by atoms with E-state index in [2.05, 4.69) is 5.32 Å². The first-order chi connectivity index (χ1) is 7.76. The summed E-state index contributed by atoms with van der Waals surface area (Å²) in [6.45, 7) is 1.61. The van der Waals surface area contributed by atoms with Crippen LogP contribution in [0.4, 0.5) is 0 Å². The average Bonchev–Trinajstić information content (AvgIpc) is 2.30. The minimum absolute atomic E-state index is 0.357. The van der Waals surface area contributed by atoms with Crippen LogP contribution < -0.4 is 10.1 Å². The molecule has 16 heavy (non-hydrogen) atoms. The van der Waals surface area contributed by atoms with Gasteiger partial charge in [-0.2, -0.15) is 0 Å². The van der Waals surface area contributed by atoms with E-state index in [1.165, 1.54) is 0 Å². The summed E-state index contributed by atoms with van der Waals surface area (Å²) < 4.78 is 9.90. The Bertz CT molecular complexity index is 287. The Kier molecular flexibility index (Phi) is 5.85. The van der Waals surface area contributed by atoms with Gasteiger partial charge in [0.05, 0.1) is 19.8 Å². The van der Waals surface area contributed by atoms with Crippen LogP contribution in [0.5, 0.6) is 5.75 Å². The second-order valence-electron chi connectivity index (χ2n) is 3.59. The van der Waals surface area contributed by atoms with Crippen LogP contribution in [0, 0.1) is 0 Å². The highest BCUT2D eigenvalue weighted by atomic mass is 16.5. The minimum atomic E-state index is -0.455. The molecule has 1 unspecified atom stereocenters. The maximum Gasteiger partial charge on any atom is 0.118 e. The van der Waals surface area contributed by atoms with E-state index < -0.39 is 6.10 Å². The van der Waals surface area contributed by atoms with Crippen molar-refractivity contribution < 1.29 is 14.6 Å². The lowest BCUT2D eigenvalue weighted by atomic mass is 10.2. The molecule has 0 aliphatic rings. The SMILES string of the molecule is COCC(O)CNCc1ccc(OC)cc1. The molecule has 0 bridgehead atoms. The van der Waals surface area contributed by atoms with Crippen molar-refractivity contribution in [3.63, 3.8) is 0 Å². The average molecular weight is 225 g/mol. The van der Waals surface area contributed by atoms with Gasteiger partial charge in [-0.05, 0) is 17.7 Å². The van der Waals surface area contributed by atoms with Gasteiger partial charge in [-0.15, -0.1) is 0 Å². The molecule has 1 aromatic rings. The summed E-state index contributed by atoms with van der Waals surface area (Å²) in [4.78, 5) is 0. The maximum atomic E-state index is 9.40. The van der Waals surface area contributed by atoms with Crippen molar-refractivity contribution in [3.05, 3.63) is 29.8 Å². The molecule has 0 aromatic heterocycles. The highest BCUT2D eigenvalue weighted by Crippen LogP contribution is 2.10. The van der Waals surface area contributed by atoms with E-state index >= 15 is 0 Å². The van der Waals surface area contributed by atoms with Gasteiger partial charge < -0.3 is 19.9 Å². The summed E-state index contributed by atoms with van der Waals surface area (Å²) in [5, 5.41) is 12.6. The number of nitrogens with one attached hydrogen (secondary N) is 1. The number of aliphatic hydroxyl groups excluding tert-OH is 1. The molecule has 0 aliphatic carbocycles. The van der Waals surface area contributed by atoms with Crippen LogP contribution in [0.1, 0.15) is 5.56 Å². The van der Waals surface area contributed by atoms with E-state index in [0.717, 1.165) is 17.9 Å². The third-order valence-corrected chi connectivity index (χ3v) is 2.23. The topological polar surface area (TPSA) is 50.7 Å². The predicted molar refractivity (Wildman–Crippen MR) is 62.6 cm³/mol. The lowest BCUT2D eigenvalue weighted by molar-refractivity contribution is 0.0644. The normalized spacial score (nSPS) is 12.4. The molecule has 0 aliphatic heterocycles. The highest BCUT2D eigenvalue weighted by Gasteiger charge is 2.02. The molecule has 0 saturated heterocycles. The maximum absolute atomic E-state index is 9.40. The Balaban J connectivity index is 2.26. The van der Waals surface area contributed by atoms with Crippen LogP contribution in [0.3, 0.4) is 0 Å². The molecule has 90 valence electrons. The monoisotopic (exact) mass is 225 g/mol. The second kappa shape index (κ2) is 7.22. The predicted octanol–water partition coefficient (Wildman–Crippen LogP) is 0.792. The standard InChI is InChI=1S/C12H19NO3/c1-15-9-11(14)8-13-7-10-3-5-12(16-2)6-4-10/h3-6,11,13-14H,7-9H2,1-2H3. The van der Waals surface area contributed by atoms with E-state index in [0.29, 0.717) is 13.2 Å².